The molecule has 0 aromatic heterocycles. The van der Waals surface area contributed by atoms with E-state index in [1.54, 1.807) is 31.4 Å². The summed E-state index contributed by atoms with van der Waals surface area (Å²) >= 11 is 0. The summed E-state index contributed by atoms with van der Waals surface area (Å²) in [6.45, 7) is 1.96. The summed E-state index contributed by atoms with van der Waals surface area (Å²) in [4.78, 5) is 14.5. The van der Waals surface area contributed by atoms with Crippen LogP contribution in [0.3, 0.4) is 0 Å². The topological polar surface area (TPSA) is 29.5 Å². The van der Waals surface area contributed by atoms with Gasteiger partial charge in [-0.1, -0.05) is 0 Å². The lowest BCUT2D eigenvalue weighted by molar-refractivity contribution is 0.103. The fourth-order valence-corrected chi connectivity index (χ4v) is 2.08. The number of carbonyl (C=O) groups excluding carboxylic acids is 1. The van der Waals surface area contributed by atoms with Crippen LogP contribution < -0.4 is 9.64 Å². The third-order valence-electron chi connectivity index (χ3n) is 3.32. The predicted molar refractivity (Wildman–Crippen MR) is 81.9 cm³/mol. The van der Waals surface area contributed by atoms with Crippen molar-refractivity contribution in [1.29, 1.82) is 0 Å². The lowest BCUT2D eigenvalue weighted by Crippen LogP contribution is -2.10. The van der Waals surface area contributed by atoms with Gasteiger partial charge in [0.1, 0.15) is 5.75 Å². The van der Waals surface area contributed by atoms with Crippen molar-refractivity contribution >= 4 is 11.5 Å². The summed E-state index contributed by atoms with van der Waals surface area (Å²) in [7, 11) is 5.58. The first kappa shape index (κ1) is 14.1. The Balaban J connectivity index is 2.32. The van der Waals surface area contributed by atoms with E-state index in [1.807, 2.05) is 44.1 Å². The maximum Gasteiger partial charge on any atom is 0.193 e. The second-order valence-electron chi connectivity index (χ2n) is 4.95. The molecule has 0 aliphatic rings. The van der Waals surface area contributed by atoms with Gasteiger partial charge in [-0.25, -0.2) is 0 Å². The van der Waals surface area contributed by atoms with Crippen LogP contribution in [0.25, 0.3) is 0 Å². The largest absolute Gasteiger partial charge is 0.497 e. The van der Waals surface area contributed by atoms with Crippen LogP contribution in [0, 0.1) is 6.92 Å². The SMILES string of the molecule is COc1ccc(C(=O)c2ccc(N(C)C)cc2C)cc1. The number of nitrogens with zero attached hydrogens (tertiary/aromatic N) is 1. The fourth-order valence-electron chi connectivity index (χ4n) is 2.08. The summed E-state index contributed by atoms with van der Waals surface area (Å²) in [6.07, 6.45) is 0. The molecular weight excluding hydrogens is 250 g/mol. The fraction of sp³-hybridized carbons (Fsp3) is 0.235. The summed E-state index contributed by atoms with van der Waals surface area (Å²) in [5, 5.41) is 0. The Morgan fingerprint density at radius 1 is 1.05 bits per heavy atom. The second-order valence-corrected chi connectivity index (χ2v) is 4.95. The van der Waals surface area contributed by atoms with Gasteiger partial charge in [-0.3, -0.25) is 4.79 Å². The first-order valence-electron chi connectivity index (χ1n) is 6.49. The number of carbonyl (C=O) groups is 1. The van der Waals surface area contributed by atoms with Crippen molar-refractivity contribution in [2.75, 3.05) is 26.1 Å². The van der Waals surface area contributed by atoms with Crippen molar-refractivity contribution in [2.45, 2.75) is 6.92 Å². The number of methoxy groups -OCH3 is 1. The highest BCUT2D eigenvalue weighted by Gasteiger charge is 2.12. The van der Waals surface area contributed by atoms with E-state index in [9.17, 15) is 4.79 Å². The molecule has 2 rings (SSSR count). The Kier molecular flexibility index (Phi) is 4.08. The second kappa shape index (κ2) is 5.78. The van der Waals surface area contributed by atoms with Gasteiger partial charge in [0.05, 0.1) is 7.11 Å². The van der Waals surface area contributed by atoms with Crippen molar-refractivity contribution in [2.24, 2.45) is 0 Å². The standard InChI is InChI=1S/C17H19NO2/c1-12-11-14(18(2)3)7-10-16(12)17(19)13-5-8-15(20-4)9-6-13/h5-11H,1-4H3. The molecule has 0 atom stereocenters. The minimum atomic E-state index is 0.0375. The summed E-state index contributed by atoms with van der Waals surface area (Å²) in [5.74, 6) is 0.789. The van der Waals surface area contributed by atoms with E-state index in [0.29, 0.717) is 5.56 Å². The number of anilines is 1. The molecule has 0 fully saturated rings. The van der Waals surface area contributed by atoms with Crippen molar-refractivity contribution in [1.82, 2.24) is 0 Å². The van der Waals surface area contributed by atoms with Crippen LogP contribution in [0.4, 0.5) is 5.69 Å². The maximum absolute atomic E-state index is 12.5. The minimum Gasteiger partial charge on any atom is -0.497 e. The Bertz CT molecular complexity index is 615. The van der Waals surface area contributed by atoms with E-state index in [2.05, 4.69) is 0 Å². The van der Waals surface area contributed by atoms with Gasteiger partial charge in [-0.15, -0.1) is 0 Å². The quantitative estimate of drug-likeness (QED) is 0.798. The molecule has 0 aliphatic carbocycles. The third kappa shape index (κ3) is 2.82. The number of ketones is 1. The number of rotatable bonds is 4. The number of aryl methyl sites for hydroxylation is 1. The monoisotopic (exact) mass is 269 g/mol. The zero-order chi connectivity index (χ0) is 14.7. The Morgan fingerprint density at radius 3 is 2.20 bits per heavy atom. The molecule has 0 radical (unpaired) electrons. The third-order valence-corrected chi connectivity index (χ3v) is 3.32. The molecule has 2 aromatic rings. The molecule has 0 amide bonds. The van der Waals surface area contributed by atoms with E-state index in [-0.39, 0.29) is 5.78 Å². The molecular formula is C17H19NO2. The molecule has 0 bridgehead atoms. The van der Waals surface area contributed by atoms with Crippen LogP contribution in [0.1, 0.15) is 21.5 Å². The van der Waals surface area contributed by atoms with Gasteiger partial charge >= 0.3 is 0 Å². The van der Waals surface area contributed by atoms with E-state index in [0.717, 1.165) is 22.6 Å². The van der Waals surface area contributed by atoms with Crippen molar-refractivity contribution in [3.8, 4) is 5.75 Å². The molecule has 0 aliphatic heterocycles. The molecule has 0 saturated carbocycles. The molecule has 2 aromatic carbocycles. The molecule has 0 spiro atoms. The van der Waals surface area contributed by atoms with Gasteiger partial charge in [0.25, 0.3) is 0 Å². The summed E-state index contributed by atoms with van der Waals surface area (Å²) in [6, 6.07) is 13.1. The first-order valence-corrected chi connectivity index (χ1v) is 6.49. The molecule has 104 valence electrons. The minimum absolute atomic E-state index is 0.0375. The van der Waals surface area contributed by atoms with Crippen LogP contribution >= 0.6 is 0 Å². The Hall–Kier alpha value is -2.29. The van der Waals surface area contributed by atoms with Crippen LogP contribution in [-0.2, 0) is 0 Å². The predicted octanol–water partition coefficient (Wildman–Crippen LogP) is 3.30. The first-order chi connectivity index (χ1) is 9.52. The lowest BCUT2D eigenvalue weighted by Gasteiger charge is -2.14. The molecule has 0 N–H and O–H groups in total. The molecule has 3 nitrogen and oxygen atoms in total. The lowest BCUT2D eigenvalue weighted by atomic mass is 9.98. The van der Waals surface area contributed by atoms with Crippen LogP contribution in [-0.4, -0.2) is 27.0 Å². The van der Waals surface area contributed by atoms with Crippen LogP contribution in [0.2, 0.25) is 0 Å². The van der Waals surface area contributed by atoms with Gasteiger partial charge in [0.2, 0.25) is 0 Å². The molecule has 0 unspecified atom stereocenters. The number of benzene rings is 2. The maximum atomic E-state index is 12.5. The average molecular weight is 269 g/mol. The highest BCUT2D eigenvalue weighted by atomic mass is 16.5. The molecule has 0 heterocycles. The van der Waals surface area contributed by atoms with E-state index in [1.165, 1.54) is 0 Å². The zero-order valence-electron chi connectivity index (χ0n) is 12.3. The van der Waals surface area contributed by atoms with E-state index in [4.69, 9.17) is 4.74 Å². The van der Waals surface area contributed by atoms with Crippen LogP contribution in [0.15, 0.2) is 42.5 Å². The molecule has 0 saturated heterocycles. The van der Waals surface area contributed by atoms with Gasteiger partial charge in [-0.2, -0.15) is 0 Å². The van der Waals surface area contributed by atoms with Crippen molar-refractivity contribution in [3.63, 3.8) is 0 Å². The number of ether oxygens (including phenoxy) is 1. The Morgan fingerprint density at radius 2 is 1.70 bits per heavy atom. The Labute approximate surface area is 119 Å². The molecule has 20 heavy (non-hydrogen) atoms. The smallest absolute Gasteiger partial charge is 0.193 e. The van der Waals surface area contributed by atoms with Gasteiger partial charge in [0.15, 0.2) is 5.78 Å². The highest BCUT2D eigenvalue weighted by Crippen LogP contribution is 2.21. The number of hydrogen-bond acceptors (Lipinski definition) is 3. The van der Waals surface area contributed by atoms with Gasteiger partial charge < -0.3 is 9.64 Å². The van der Waals surface area contributed by atoms with Crippen molar-refractivity contribution < 1.29 is 9.53 Å². The van der Waals surface area contributed by atoms with Crippen molar-refractivity contribution in [3.05, 3.63) is 59.2 Å². The van der Waals surface area contributed by atoms with Gasteiger partial charge in [-0.05, 0) is 55.0 Å². The van der Waals surface area contributed by atoms with Gasteiger partial charge in [0, 0.05) is 30.9 Å². The average Bonchev–Trinajstić information content (AvgIpc) is 2.46. The van der Waals surface area contributed by atoms with E-state index >= 15 is 0 Å². The van der Waals surface area contributed by atoms with Crippen LogP contribution in [0.5, 0.6) is 5.75 Å². The summed E-state index contributed by atoms with van der Waals surface area (Å²) in [5.41, 5.74) is 3.48. The summed E-state index contributed by atoms with van der Waals surface area (Å²) < 4.78 is 5.10. The van der Waals surface area contributed by atoms with E-state index < -0.39 is 0 Å². The normalized spacial score (nSPS) is 10.2. The zero-order valence-corrected chi connectivity index (χ0v) is 12.3. The molecule has 3 heteroatoms. The highest BCUT2D eigenvalue weighted by molar-refractivity contribution is 6.10. The number of hydrogen-bond donors (Lipinski definition) is 0.